The number of alkyl halides is 1. The SMILES string of the molecule is CN(C)C(=O)c1ccc(OCc2ccccc2)c(OCBr)c1. The fraction of sp³-hybridized carbons (Fsp3) is 0.235. The van der Waals surface area contributed by atoms with Gasteiger partial charge < -0.3 is 14.4 Å². The van der Waals surface area contributed by atoms with Crippen LogP contribution in [0.1, 0.15) is 15.9 Å². The Morgan fingerprint density at radius 2 is 1.77 bits per heavy atom. The van der Waals surface area contributed by atoms with Crippen molar-refractivity contribution in [2.75, 3.05) is 19.6 Å². The molecule has 0 heterocycles. The van der Waals surface area contributed by atoms with E-state index in [1.807, 2.05) is 30.3 Å². The first-order valence-electron chi connectivity index (χ1n) is 6.83. The molecule has 0 saturated carbocycles. The molecule has 0 N–H and O–H groups in total. The van der Waals surface area contributed by atoms with Gasteiger partial charge in [-0.3, -0.25) is 4.79 Å². The minimum Gasteiger partial charge on any atom is -0.485 e. The number of carbonyl (C=O) groups excluding carboxylic acids is 1. The van der Waals surface area contributed by atoms with Gasteiger partial charge in [-0.15, -0.1) is 0 Å². The molecule has 0 aromatic heterocycles. The van der Waals surface area contributed by atoms with Crippen LogP contribution in [0.25, 0.3) is 0 Å². The van der Waals surface area contributed by atoms with E-state index in [9.17, 15) is 4.79 Å². The van der Waals surface area contributed by atoms with Crippen molar-refractivity contribution < 1.29 is 14.3 Å². The summed E-state index contributed by atoms with van der Waals surface area (Å²) >= 11 is 3.23. The van der Waals surface area contributed by atoms with Gasteiger partial charge in [0.15, 0.2) is 11.5 Å². The van der Waals surface area contributed by atoms with Crippen LogP contribution >= 0.6 is 15.9 Å². The van der Waals surface area contributed by atoms with Crippen molar-refractivity contribution in [1.82, 2.24) is 4.90 Å². The molecule has 0 fully saturated rings. The van der Waals surface area contributed by atoms with E-state index in [1.54, 1.807) is 32.3 Å². The van der Waals surface area contributed by atoms with E-state index in [2.05, 4.69) is 15.9 Å². The van der Waals surface area contributed by atoms with Crippen molar-refractivity contribution in [1.29, 1.82) is 0 Å². The number of amides is 1. The van der Waals surface area contributed by atoms with E-state index in [4.69, 9.17) is 9.47 Å². The van der Waals surface area contributed by atoms with Gasteiger partial charge in [-0.1, -0.05) is 30.3 Å². The molecule has 0 aliphatic carbocycles. The summed E-state index contributed by atoms with van der Waals surface area (Å²) in [5.74, 6) is 1.08. The maximum Gasteiger partial charge on any atom is 0.253 e. The smallest absolute Gasteiger partial charge is 0.253 e. The lowest BCUT2D eigenvalue weighted by atomic mass is 10.2. The van der Waals surface area contributed by atoms with Gasteiger partial charge in [0.2, 0.25) is 0 Å². The summed E-state index contributed by atoms with van der Waals surface area (Å²) in [6.45, 7) is 0.445. The number of carbonyl (C=O) groups is 1. The summed E-state index contributed by atoms with van der Waals surface area (Å²) in [5.41, 5.74) is 1.96. The zero-order valence-corrected chi connectivity index (χ0v) is 14.2. The first-order valence-corrected chi connectivity index (χ1v) is 7.95. The van der Waals surface area contributed by atoms with Gasteiger partial charge >= 0.3 is 0 Å². The molecular formula is C17H18BrNO3. The van der Waals surface area contributed by atoms with E-state index in [-0.39, 0.29) is 5.91 Å². The molecule has 2 rings (SSSR count). The molecule has 4 nitrogen and oxygen atoms in total. The predicted molar refractivity (Wildman–Crippen MR) is 89.7 cm³/mol. The maximum absolute atomic E-state index is 12.0. The van der Waals surface area contributed by atoms with Crippen LogP contribution in [0.2, 0.25) is 0 Å². The first kappa shape index (κ1) is 16.4. The molecule has 116 valence electrons. The largest absolute Gasteiger partial charge is 0.485 e. The van der Waals surface area contributed by atoms with Gasteiger partial charge in [-0.25, -0.2) is 0 Å². The summed E-state index contributed by atoms with van der Waals surface area (Å²) in [6.07, 6.45) is 0. The maximum atomic E-state index is 12.0. The Labute approximate surface area is 138 Å². The third kappa shape index (κ3) is 4.24. The van der Waals surface area contributed by atoms with Crippen LogP contribution in [-0.2, 0) is 6.61 Å². The highest BCUT2D eigenvalue weighted by Gasteiger charge is 2.13. The molecule has 2 aromatic rings. The third-order valence-electron chi connectivity index (χ3n) is 3.04. The molecule has 22 heavy (non-hydrogen) atoms. The van der Waals surface area contributed by atoms with Gasteiger partial charge in [0, 0.05) is 19.7 Å². The third-order valence-corrected chi connectivity index (χ3v) is 3.27. The van der Waals surface area contributed by atoms with Crippen molar-refractivity contribution in [3.63, 3.8) is 0 Å². The van der Waals surface area contributed by atoms with Crippen LogP contribution in [0.5, 0.6) is 11.5 Å². The van der Waals surface area contributed by atoms with Crippen LogP contribution < -0.4 is 9.47 Å². The zero-order chi connectivity index (χ0) is 15.9. The van der Waals surface area contributed by atoms with Gasteiger partial charge in [-0.2, -0.15) is 0 Å². The molecule has 0 bridgehead atoms. The molecule has 0 atom stereocenters. The highest BCUT2D eigenvalue weighted by Crippen LogP contribution is 2.30. The van der Waals surface area contributed by atoms with E-state index in [0.29, 0.717) is 29.2 Å². The summed E-state index contributed by atoms with van der Waals surface area (Å²) in [6, 6.07) is 15.1. The van der Waals surface area contributed by atoms with Crippen LogP contribution in [0.15, 0.2) is 48.5 Å². The van der Waals surface area contributed by atoms with Gasteiger partial charge in [-0.05, 0) is 39.7 Å². The standard InChI is InChI=1S/C17H18BrNO3/c1-19(2)17(20)14-8-9-15(16(10-14)22-12-18)21-11-13-6-4-3-5-7-13/h3-10H,11-12H2,1-2H3. The second kappa shape index (κ2) is 7.84. The van der Waals surface area contributed by atoms with Gasteiger partial charge in [0.25, 0.3) is 5.91 Å². The normalized spacial score (nSPS) is 10.1. The number of hydrogen-bond acceptors (Lipinski definition) is 3. The predicted octanol–water partition coefficient (Wildman–Crippen LogP) is 3.70. The van der Waals surface area contributed by atoms with E-state index in [1.165, 1.54) is 4.90 Å². The van der Waals surface area contributed by atoms with Crippen molar-refractivity contribution in [3.8, 4) is 11.5 Å². The number of nitrogens with zero attached hydrogens (tertiary/aromatic N) is 1. The molecule has 0 spiro atoms. The number of rotatable bonds is 6. The van der Waals surface area contributed by atoms with Gasteiger partial charge in [0.1, 0.15) is 12.1 Å². The van der Waals surface area contributed by atoms with Crippen LogP contribution in [0, 0.1) is 0 Å². The number of benzene rings is 2. The molecule has 0 aliphatic heterocycles. The second-order valence-corrected chi connectivity index (χ2v) is 5.35. The van der Waals surface area contributed by atoms with E-state index < -0.39 is 0 Å². The number of ether oxygens (including phenoxy) is 2. The Kier molecular flexibility index (Phi) is 5.83. The highest BCUT2D eigenvalue weighted by molar-refractivity contribution is 9.09. The molecule has 0 radical (unpaired) electrons. The lowest BCUT2D eigenvalue weighted by Crippen LogP contribution is -2.21. The van der Waals surface area contributed by atoms with Crippen LogP contribution in [-0.4, -0.2) is 30.4 Å². The quantitative estimate of drug-likeness (QED) is 0.734. The Morgan fingerprint density at radius 1 is 1.05 bits per heavy atom. The molecule has 0 unspecified atom stereocenters. The molecule has 1 amide bonds. The molecule has 0 saturated heterocycles. The molecule has 0 aliphatic rings. The molecule has 2 aromatic carbocycles. The van der Waals surface area contributed by atoms with Crippen molar-refractivity contribution in [2.24, 2.45) is 0 Å². The van der Waals surface area contributed by atoms with E-state index >= 15 is 0 Å². The topological polar surface area (TPSA) is 38.8 Å². The van der Waals surface area contributed by atoms with Gasteiger partial charge in [0.05, 0.1) is 0 Å². The van der Waals surface area contributed by atoms with Crippen molar-refractivity contribution >= 4 is 21.8 Å². The lowest BCUT2D eigenvalue weighted by Gasteiger charge is -2.15. The highest BCUT2D eigenvalue weighted by atomic mass is 79.9. The molecule has 5 heteroatoms. The minimum absolute atomic E-state index is 0.0750. The summed E-state index contributed by atoms with van der Waals surface area (Å²) < 4.78 is 11.3. The fourth-order valence-electron chi connectivity index (χ4n) is 1.93. The second-order valence-electron chi connectivity index (χ2n) is 4.89. The van der Waals surface area contributed by atoms with Crippen LogP contribution in [0.4, 0.5) is 0 Å². The average Bonchev–Trinajstić information content (AvgIpc) is 2.54. The minimum atomic E-state index is -0.0750. The Morgan fingerprint density at radius 3 is 2.41 bits per heavy atom. The van der Waals surface area contributed by atoms with Crippen molar-refractivity contribution in [3.05, 3.63) is 59.7 Å². The first-order chi connectivity index (χ1) is 10.6. The summed E-state index contributed by atoms with van der Waals surface area (Å²) in [7, 11) is 3.43. The zero-order valence-electron chi connectivity index (χ0n) is 12.6. The van der Waals surface area contributed by atoms with Crippen LogP contribution in [0.3, 0.4) is 0 Å². The summed E-state index contributed by atoms with van der Waals surface area (Å²) in [5, 5.41) is 0. The Balaban J connectivity index is 2.18. The van der Waals surface area contributed by atoms with E-state index in [0.717, 1.165) is 5.56 Å². The van der Waals surface area contributed by atoms with Crippen molar-refractivity contribution in [2.45, 2.75) is 6.61 Å². The summed E-state index contributed by atoms with van der Waals surface area (Å²) in [4.78, 5) is 13.5. The number of hydrogen-bond donors (Lipinski definition) is 0. The Bertz CT molecular complexity index is 629. The fourth-order valence-corrected chi connectivity index (χ4v) is 2.17. The lowest BCUT2D eigenvalue weighted by molar-refractivity contribution is 0.0827. The number of halogens is 1. The molecular weight excluding hydrogens is 346 g/mol. The Hall–Kier alpha value is -2.01. The monoisotopic (exact) mass is 363 g/mol. The average molecular weight is 364 g/mol.